The van der Waals surface area contributed by atoms with E-state index < -0.39 is 0 Å². The van der Waals surface area contributed by atoms with Gasteiger partial charge >= 0.3 is 0 Å². The standard InChI is InChI=1S/C18H37O/c1-3-4-5-6-7-8-9-10-11-12-13-14-15-16-17-18(2)19/h18-19H,2-17H2,1H3. The zero-order valence-corrected chi connectivity index (χ0v) is 13.3. The summed E-state index contributed by atoms with van der Waals surface area (Å²) in [6.45, 7) is 5.87. The normalized spacial score (nSPS) is 12.8. The van der Waals surface area contributed by atoms with Gasteiger partial charge in [0.1, 0.15) is 0 Å². The minimum atomic E-state index is -0.350. The van der Waals surface area contributed by atoms with Crippen LogP contribution in [0.25, 0.3) is 0 Å². The van der Waals surface area contributed by atoms with Crippen LogP contribution in [-0.2, 0) is 0 Å². The van der Waals surface area contributed by atoms with Gasteiger partial charge in [-0.25, -0.2) is 0 Å². The Morgan fingerprint density at radius 2 is 0.947 bits per heavy atom. The van der Waals surface area contributed by atoms with Crippen molar-refractivity contribution in [1.82, 2.24) is 0 Å². The average Bonchev–Trinajstić information content (AvgIpc) is 2.39. The van der Waals surface area contributed by atoms with Crippen LogP contribution in [0.15, 0.2) is 0 Å². The zero-order valence-electron chi connectivity index (χ0n) is 13.3. The molecule has 0 bridgehead atoms. The SMILES string of the molecule is [CH2]C(O)CCCCCCCCCCCCCCCC. The number of unbranched alkanes of at least 4 members (excludes halogenated alkanes) is 13. The lowest BCUT2D eigenvalue weighted by Gasteiger charge is -2.04. The Labute approximate surface area is 122 Å². The number of aliphatic hydroxyl groups excluding tert-OH is 1. The summed E-state index contributed by atoms with van der Waals surface area (Å²) in [6.07, 6.45) is 19.9. The molecule has 1 unspecified atom stereocenters. The fourth-order valence-corrected chi connectivity index (χ4v) is 2.57. The molecule has 1 nitrogen and oxygen atoms in total. The summed E-state index contributed by atoms with van der Waals surface area (Å²) in [5.41, 5.74) is 0. The maximum Gasteiger partial charge on any atom is 0.0541 e. The van der Waals surface area contributed by atoms with E-state index in [0.717, 1.165) is 12.8 Å². The van der Waals surface area contributed by atoms with Gasteiger partial charge in [-0.1, -0.05) is 96.8 Å². The molecule has 0 aromatic heterocycles. The topological polar surface area (TPSA) is 20.2 Å². The van der Waals surface area contributed by atoms with Crippen LogP contribution in [0.1, 0.15) is 103 Å². The number of aliphatic hydroxyl groups is 1. The molecule has 1 atom stereocenters. The van der Waals surface area contributed by atoms with Gasteiger partial charge in [0, 0.05) is 0 Å². The molecule has 1 heteroatoms. The number of rotatable bonds is 15. The predicted octanol–water partition coefficient (Wildman–Crippen LogP) is 6.05. The van der Waals surface area contributed by atoms with Crippen LogP contribution >= 0.6 is 0 Å². The lowest BCUT2D eigenvalue weighted by atomic mass is 10.0. The van der Waals surface area contributed by atoms with E-state index in [9.17, 15) is 0 Å². The molecule has 0 aromatic rings. The quantitative estimate of drug-likeness (QED) is 0.359. The van der Waals surface area contributed by atoms with Crippen molar-refractivity contribution in [1.29, 1.82) is 0 Å². The van der Waals surface area contributed by atoms with E-state index in [-0.39, 0.29) is 6.10 Å². The predicted molar refractivity (Wildman–Crippen MR) is 86.3 cm³/mol. The van der Waals surface area contributed by atoms with Gasteiger partial charge in [0.25, 0.3) is 0 Å². The second kappa shape index (κ2) is 16.0. The summed E-state index contributed by atoms with van der Waals surface area (Å²) in [5.74, 6) is 0. The Morgan fingerprint density at radius 1 is 0.632 bits per heavy atom. The van der Waals surface area contributed by atoms with E-state index >= 15 is 0 Å². The van der Waals surface area contributed by atoms with E-state index in [1.54, 1.807) is 0 Å². The molecule has 0 rings (SSSR count). The summed E-state index contributed by atoms with van der Waals surface area (Å²) < 4.78 is 0. The van der Waals surface area contributed by atoms with Gasteiger partial charge in [-0.05, 0) is 13.3 Å². The second-order valence-corrected chi connectivity index (χ2v) is 6.04. The van der Waals surface area contributed by atoms with Crippen LogP contribution in [0.4, 0.5) is 0 Å². The molecule has 0 aliphatic heterocycles. The van der Waals surface area contributed by atoms with Crippen LogP contribution in [0.2, 0.25) is 0 Å². The van der Waals surface area contributed by atoms with Crippen molar-refractivity contribution in [3.63, 3.8) is 0 Å². The Morgan fingerprint density at radius 3 is 1.26 bits per heavy atom. The Bertz CT molecular complexity index is 154. The van der Waals surface area contributed by atoms with E-state index in [0.29, 0.717) is 0 Å². The molecule has 0 spiro atoms. The lowest BCUT2D eigenvalue weighted by Crippen LogP contribution is -1.98. The molecule has 0 heterocycles. The highest BCUT2D eigenvalue weighted by Gasteiger charge is 1.96. The highest BCUT2D eigenvalue weighted by molar-refractivity contribution is 4.56. The largest absolute Gasteiger partial charge is 0.393 e. The molecule has 0 aromatic carbocycles. The Hall–Kier alpha value is -0.0400. The van der Waals surface area contributed by atoms with Crippen LogP contribution in [-0.4, -0.2) is 11.2 Å². The van der Waals surface area contributed by atoms with Crippen molar-refractivity contribution in [3.8, 4) is 0 Å². The van der Waals surface area contributed by atoms with Gasteiger partial charge < -0.3 is 5.11 Å². The van der Waals surface area contributed by atoms with Gasteiger partial charge in [-0.2, -0.15) is 0 Å². The number of hydrogen-bond acceptors (Lipinski definition) is 1. The number of hydrogen-bond donors (Lipinski definition) is 1. The van der Waals surface area contributed by atoms with Crippen LogP contribution in [0, 0.1) is 6.92 Å². The summed E-state index contributed by atoms with van der Waals surface area (Å²) in [7, 11) is 0. The minimum absolute atomic E-state index is 0.350. The smallest absolute Gasteiger partial charge is 0.0541 e. The third-order valence-corrected chi connectivity index (χ3v) is 3.89. The van der Waals surface area contributed by atoms with Crippen LogP contribution in [0.5, 0.6) is 0 Å². The van der Waals surface area contributed by atoms with Crippen molar-refractivity contribution >= 4 is 0 Å². The van der Waals surface area contributed by atoms with Gasteiger partial charge in [0.15, 0.2) is 0 Å². The van der Waals surface area contributed by atoms with Gasteiger partial charge in [-0.3, -0.25) is 0 Å². The molecular weight excluding hydrogens is 232 g/mol. The van der Waals surface area contributed by atoms with E-state index in [1.165, 1.54) is 83.5 Å². The Kier molecular flexibility index (Phi) is 16.0. The molecule has 115 valence electrons. The van der Waals surface area contributed by atoms with Crippen molar-refractivity contribution in [2.45, 2.75) is 109 Å². The highest BCUT2D eigenvalue weighted by Crippen LogP contribution is 2.13. The minimum Gasteiger partial charge on any atom is -0.393 e. The summed E-state index contributed by atoms with van der Waals surface area (Å²) in [4.78, 5) is 0. The monoisotopic (exact) mass is 269 g/mol. The molecule has 0 aliphatic rings. The third-order valence-electron chi connectivity index (χ3n) is 3.89. The van der Waals surface area contributed by atoms with Gasteiger partial charge in [-0.15, -0.1) is 0 Å². The molecule has 1 radical (unpaired) electrons. The van der Waals surface area contributed by atoms with Crippen LogP contribution < -0.4 is 0 Å². The van der Waals surface area contributed by atoms with E-state index in [4.69, 9.17) is 5.11 Å². The molecule has 0 saturated heterocycles. The molecule has 0 aliphatic carbocycles. The zero-order chi connectivity index (χ0) is 14.2. The first-order chi connectivity index (χ1) is 9.27. The second-order valence-electron chi connectivity index (χ2n) is 6.04. The van der Waals surface area contributed by atoms with Crippen molar-refractivity contribution in [3.05, 3.63) is 6.92 Å². The lowest BCUT2D eigenvalue weighted by molar-refractivity contribution is 0.205. The maximum atomic E-state index is 9.03. The third kappa shape index (κ3) is 18.0. The molecule has 19 heavy (non-hydrogen) atoms. The maximum absolute atomic E-state index is 9.03. The Balaban J connectivity index is 2.91. The summed E-state index contributed by atoms with van der Waals surface area (Å²) >= 11 is 0. The molecular formula is C18H37O. The van der Waals surface area contributed by atoms with Crippen molar-refractivity contribution < 1.29 is 5.11 Å². The first-order valence-electron chi connectivity index (χ1n) is 8.78. The fraction of sp³-hybridized carbons (Fsp3) is 0.944. The highest BCUT2D eigenvalue weighted by atomic mass is 16.3. The molecule has 0 amide bonds. The average molecular weight is 269 g/mol. The van der Waals surface area contributed by atoms with Crippen molar-refractivity contribution in [2.75, 3.05) is 0 Å². The summed E-state index contributed by atoms with van der Waals surface area (Å²) in [6, 6.07) is 0. The van der Waals surface area contributed by atoms with Crippen molar-refractivity contribution in [2.24, 2.45) is 0 Å². The molecule has 0 saturated carbocycles. The van der Waals surface area contributed by atoms with Gasteiger partial charge in [0.05, 0.1) is 6.10 Å². The van der Waals surface area contributed by atoms with E-state index in [1.807, 2.05) is 0 Å². The van der Waals surface area contributed by atoms with Crippen LogP contribution in [0.3, 0.4) is 0 Å². The molecule has 1 N–H and O–H groups in total. The first kappa shape index (κ1) is 19.0. The van der Waals surface area contributed by atoms with Gasteiger partial charge in [0.2, 0.25) is 0 Å². The fourth-order valence-electron chi connectivity index (χ4n) is 2.57. The molecule has 0 fully saturated rings. The first-order valence-corrected chi connectivity index (χ1v) is 8.78. The van der Waals surface area contributed by atoms with E-state index in [2.05, 4.69) is 13.8 Å². The summed E-state index contributed by atoms with van der Waals surface area (Å²) in [5, 5.41) is 9.03.